The Bertz CT molecular complexity index is 575. The van der Waals surface area contributed by atoms with E-state index in [1.807, 2.05) is 0 Å². The van der Waals surface area contributed by atoms with E-state index in [-0.39, 0.29) is 11.9 Å². The van der Waals surface area contributed by atoms with Gasteiger partial charge in [-0.05, 0) is 37.0 Å². The maximum Gasteiger partial charge on any atom is 0.319 e. The number of amides is 3. The average molecular weight is 372 g/mol. The van der Waals surface area contributed by atoms with Crippen LogP contribution in [0.2, 0.25) is 10.0 Å². The molecule has 3 amide bonds. The van der Waals surface area contributed by atoms with Crippen molar-refractivity contribution in [2.45, 2.75) is 38.5 Å². The van der Waals surface area contributed by atoms with Crippen molar-refractivity contribution >= 4 is 40.8 Å². The normalized spacial score (nSPS) is 14.9. The topological polar surface area (TPSA) is 70.2 Å². The first kappa shape index (κ1) is 18.9. The minimum Gasteiger partial charge on any atom is -0.354 e. The third-order valence-electron chi connectivity index (χ3n) is 4.11. The zero-order valence-electron chi connectivity index (χ0n) is 13.5. The van der Waals surface area contributed by atoms with E-state index >= 15 is 0 Å². The second kappa shape index (κ2) is 9.74. The van der Waals surface area contributed by atoms with Crippen molar-refractivity contribution in [2.75, 3.05) is 18.4 Å². The molecule has 24 heavy (non-hydrogen) atoms. The van der Waals surface area contributed by atoms with Gasteiger partial charge in [0.05, 0.1) is 10.0 Å². The van der Waals surface area contributed by atoms with Crippen LogP contribution in [0.1, 0.15) is 38.5 Å². The molecule has 5 nitrogen and oxygen atoms in total. The Morgan fingerprint density at radius 1 is 1.00 bits per heavy atom. The third-order valence-corrected chi connectivity index (χ3v) is 4.85. The molecule has 0 spiro atoms. The summed E-state index contributed by atoms with van der Waals surface area (Å²) in [6.07, 6.45) is 6.64. The first-order valence-corrected chi connectivity index (χ1v) is 9.07. The third kappa shape index (κ3) is 6.57. The van der Waals surface area contributed by atoms with Gasteiger partial charge in [-0.2, -0.15) is 0 Å². The number of hydrogen-bond acceptors (Lipinski definition) is 2. The summed E-state index contributed by atoms with van der Waals surface area (Å²) in [5.41, 5.74) is 0.559. The van der Waals surface area contributed by atoms with Gasteiger partial charge in [0.15, 0.2) is 0 Å². The van der Waals surface area contributed by atoms with E-state index < -0.39 is 0 Å². The van der Waals surface area contributed by atoms with E-state index in [2.05, 4.69) is 16.0 Å². The van der Waals surface area contributed by atoms with Crippen molar-refractivity contribution in [3.05, 3.63) is 28.2 Å². The molecule has 7 heteroatoms. The summed E-state index contributed by atoms with van der Waals surface area (Å²) in [6.45, 7) is 0.782. The van der Waals surface area contributed by atoms with Crippen molar-refractivity contribution in [3.8, 4) is 0 Å². The fourth-order valence-electron chi connectivity index (χ4n) is 2.85. The summed E-state index contributed by atoms with van der Waals surface area (Å²) in [5.74, 6) is 0.582. The second-order valence-corrected chi connectivity index (χ2v) is 6.88. The Morgan fingerprint density at radius 3 is 2.42 bits per heavy atom. The van der Waals surface area contributed by atoms with E-state index in [9.17, 15) is 9.59 Å². The fourth-order valence-corrected chi connectivity index (χ4v) is 3.15. The first-order valence-electron chi connectivity index (χ1n) is 8.31. The van der Waals surface area contributed by atoms with Gasteiger partial charge in [0.2, 0.25) is 5.91 Å². The summed E-state index contributed by atoms with van der Waals surface area (Å²) in [4.78, 5) is 23.6. The lowest BCUT2D eigenvalue weighted by Gasteiger charge is -2.20. The number of carbonyl (C=O) groups excluding carboxylic acids is 2. The van der Waals surface area contributed by atoms with Crippen molar-refractivity contribution in [3.63, 3.8) is 0 Å². The molecule has 2 rings (SSSR count). The summed E-state index contributed by atoms with van der Waals surface area (Å²) < 4.78 is 0. The number of benzene rings is 1. The van der Waals surface area contributed by atoms with Gasteiger partial charge in [-0.15, -0.1) is 0 Å². The predicted octanol–water partition coefficient (Wildman–Crippen LogP) is 4.20. The number of nitrogens with one attached hydrogen (secondary N) is 3. The average Bonchev–Trinajstić information content (AvgIpc) is 2.56. The largest absolute Gasteiger partial charge is 0.354 e. The molecule has 0 heterocycles. The molecule has 1 saturated carbocycles. The molecule has 1 aliphatic rings. The standard InChI is InChI=1S/C17H23Cl2N3O2/c18-14-7-6-13(11-15(14)19)22-17(24)21-9-8-20-16(23)10-12-4-2-1-3-5-12/h6-7,11-12H,1-5,8-10H2,(H,20,23)(H2,21,22,24). The lowest BCUT2D eigenvalue weighted by molar-refractivity contribution is -0.122. The van der Waals surface area contributed by atoms with E-state index in [0.29, 0.717) is 41.2 Å². The number of halogens is 2. The van der Waals surface area contributed by atoms with Crippen LogP contribution in [0.25, 0.3) is 0 Å². The van der Waals surface area contributed by atoms with Crippen LogP contribution >= 0.6 is 23.2 Å². The number of hydrogen-bond donors (Lipinski definition) is 3. The quantitative estimate of drug-likeness (QED) is 0.655. The van der Waals surface area contributed by atoms with Crippen molar-refractivity contribution in [2.24, 2.45) is 5.92 Å². The second-order valence-electron chi connectivity index (χ2n) is 6.07. The molecule has 3 N–H and O–H groups in total. The lowest BCUT2D eigenvalue weighted by Crippen LogP contribution is -2.37. The van der Waals surface area contributed by atoms with Gasteiger partial charge in [0.25, 0.3) is 0 Å². The summed E-state index contributed by atoms with van der Waals surface area (Å²) in [5, 5.41) is 9.00. The van der Waals surface area contributed by atoms with E-state index in [4.69, 9.17) is 23.2 Å². The number of anilines is 1. The molecule has 132 valence electrons. The van der Waals surface area contributed by atoms with Crippen molar-refractivity contribution in [1.29, 1.82) is 0 Å². The van der Waals surface area contributed by atoms with Gasteiger partial charge in [-0.1, -0.05) is 42.5 Å². The summed E-state index contributed by atoms with van der Waals surface area (Å²) in [6, 6.07) is 4.51. The van der Waals surface area contributed by atoms with Gasteiger partial charge in [0, 0.05) is 25.2 Å². The van der Waals surface area contributed by atoms with Crippen molar-refractivity contribution < 1.29 is 9.59 Å². The van der Waals surface area contributed by atoms with Gasteiger partial charge in [-0.3, -0.25) is 4.79 Å². The SMILES string of the molecule is O=C(CC1CCCCC1)NCCNC(=O)Nc1ccc(Cl)c(Cl)c1. The zero-order valence-corrected chi connectivity index (χ0v) is 15.1. The van der Waals surface area contributed by atoms with Crippen LogP contribution in [-0.4, -0.2) is 25.0 Å². The summed E-state index contributed by atoms with van der Waals surface area (Å²) >= 11 is 11.7. The minimum absolute atomic E-state index is 0.0635. The number of rotatable bonds is 6. The molecule has 1 aliphatic carbocycles. The molecule has 0 bridgehead atoms. The molecule has 1 aromatic carbocycles. The van der Waals surface area contributed by atoms with E-state index in [1.165, 1.54) is 19.3 Å². The maximum absolute atomic E-state index is 11.8. The molecule has 1 fully saturated rings. The molecular weight excluding hydrogens is 349 g/mol. The van der Waals surface area contributed by atoms with E-state index in [1.54, 1.807) is 18.2 Å². The number of carbonyl (C=O) groups is 2. The van der Waals surface area contributed by atoms with Gasteiger partial charge >= 0.3 is 6.03 Å². The molecule has 0 unspecified atom stereocenters. The predicted molar refractivity (Wildman–Crippen MR) is 97.7 cm³/mol. The molecule has 0 aliphatic heterocycles. The molecule has 0 radical (unpaired) electrons. The highest BCUT2D eigenvalue weighted by molar-refractivity contribution is 6.42. The molecule has 0 aromatic heterocycles. The van der Waals surface area contributed by atoms with Crippen LogP contribution in [0, 0.1) is 5.92 Å². The van der Waals surface area contributed by atoms with Crippen LogP contribution in [-0.2, 0) is 4.79 Å². The molecule has 0 saturated heterocycles. The van der Waals surface area contributed by atoms with Crippen LogP contribution in [0.3, 0.4) is 0 Å². The molecule has 0 atom stereocenters. The Kier molecular flexibility index (Phi) is 7.66. The van der Waals surface area contributed by atoms with Crippen LogP contribution in [0.4, 0.5) is 10.5 Å². The van der Waals surface area contributed by atoms with Crippen LogP contribution in [0.15, 0.2) is 18.2 Å². The van der Waals surface area contributed by atoms with Gasteiger partial charge < -0.3 is 16.0 Å². The van der Waals surface area contributed by atoms with Crippen molar-refractivity contribution in [1.82, 2.24) is 10.6 Å². The monoisotopic (exact) mass is 371 g/mol. The Labute approximate surface area is 152 Å². The molecule has 1 aromatic rings. The Hall–Kier alpha value is -1.46. The van der Waals surface area contributed by atoms with Crippen LogP contribution in [0.5, 0.6) is 0 Å². The maximum atomic E-state index is 11.8. The summed E-state index contributed by atoms with van der Waals surface area (Å²) in [7, 11) is 0. The highest BCUT2D eigenvalue weighted by Crippen LogP contribution is 2.26. The Balaban J connectivity index is 1.60. The highest BCUT2D eigenvalue weighted by atomic mass is 35.5. The first-order chi connectivity index (χ1) is 11.5. The number of urea groups is 1. The van der Waals surface area contributed by atoms with E-state index in [0.717, 1.165) is 12.8 Å². The van der Waals surface area contributed by atoms with Gasteiger partial charge in [-0.25, -0.2) is 4.79 Å². The molecular formula is C17H23Cl2N3O2. The zero-order chi connectivity index (χ0) is 17.4. The van der Waals surface area contributed by atoms with Crippen LogP contribution < -0.4 is 16.0 Å². The Morgan fingerprint density at radius 2 is 1.71 bits per heavy atom. The highest BCUT2D eigenvalue weighted by Gasteiger charge is 2.16. The smallest absolute Gasteiger partial charge is 0.319 e. The minimum atomic E-state index is -0.352. The lowest BCUT2D eigenvalue weighted by atomic mass is 9.87. The fraction of sp³-hybridized carbons (Fsp3) is 0.529. The van der Waals surface area contributed by atoms with Gasteiger partial charge in [0.1, 0.15) is 0 Å².